The lowest BCUT2D eigenvalue weighted by molar-refractivity contribution is 0.118. The lowest BCUT2D eigenvalue weighted by atomic mass is 10.1. The van der Waals surface area contributed by atoms with Crippen LogP contribution in [0.4, 0.5) is 5.69 Å². The number of fused-ring (bicyclic) bond motifs is 1. The van der Waals surface area contributed by atoms with E-state index in [1.807, 2.05) is 24.3 Å². The molecule has 8 nitrogen and oxygen atoms in total. The minimum absolute atomic E-state index is 0.0251. The summed E-state index contributed by atoms with van der Waals surface area (Å²) in [6.45, 7) is 2.84. The highest BCUT2D eigenvalue weighted by molar-refractivity contribution is 5.77. The van der Waals surface area contributed by atoms with E-state index in [0.29, 0.717) is 0 Å². The Hall–Kier alpha value is -3.39. The number of nitrogens with zero attached hydrogens (tertiary/aromatic N) is 5. The maximum Gasteiger partial charge on any atom is 0.130 e. The number of hydrogen-bond acceptors (Lipinski definition) is 6. The van der Waals surface area contributed by atoms with Crippen LogP contribution in [0.15, 0.2) is 42.7 Å². The van der Waals surface area contributed by atoms with Crippen molar-refractivity contribution in [3.63, 3.8) is 0 Å². The van der Waals surface area contributed by atoms with Crippen LogP contribution in [0.3, 0.4) is 0 Å². The lowest BCUT2D eigenvalue weighted by Gasteiger charge is -2.28. The number of hydrogen-bond donors (Lipinski definition) is 1. The quantitative estimate of drug-likeness (QED) is 0.551. The second-order valence-electron chi connectivity index (χ2n) is 7.44. The van der Waals surface area contributed by atoms with Gasteiger partial charge in [-0.05, 0) is 24.6 Å². The van der Waals surface area contributed by atoms with Crippen molar-refractivity contribution in [2.75, 3.05) is 25.7 Å². The van der Waals surface area contributed by atoms with Crippen molar-refractivity contribution in [2.24, 2.45) is 0 Å². The van der Waals surface area contributed by atoms with E-state index < -0.39 is 0 Å². The van der Waals surface area contributed by atoms with Crippen LogP contribution in [0, 0.1) is 13.0 Å². The monoisotopic (exact) mass is 403 g/mol. The Morgan fingerprint density at radius 3 is 2.77 bits per heavy atom. The smallest absolute Gasteiger partial charge is 0.130 e. The van der Waals surface area contributed by atoms with Gasteiger partial charge < -0.3 is 19.4 Å². The predicted molar refractivity (Wildman–Crippen MR) is 113 cm³/mol. The van der Waals surface area contributed by atoms with Crippen LogP contribution >= 0.6 is 0 Å². The lowest BCUT2D eigenvalue weighted by Crippen LogP contribution is -2.27. The fourth-order valence-electron chi connectivity index (χ4n) is 4.19. The van der Waals surface area contributed by atoms with Gasteiger partial charge in [-0.1, -0.05) is 12.1 Å². The average Bonchev–Trinajstić information content (AvgIpc) is 3.51. The summed E-state index contributed by atoms with van der Waals surface area (Å²) in [5, 5.41) is 8.66. The summed E-state index contributed by atoms with van der Waals surface area (Å²) in [6.07, 6.45) is 4.27. The molecule has 0 aliphatic carbocycles. The molecule has 0 saturated carbocycles. The van der Waals surface area contributed by atoms with Gasteiger partial charge in [-0.3, -0.25) is 0 Å². The molecule has 2 aromatic carbocycles. The van der Waals surface area contributed by atoms with Crippen molar-refractivity contribution in [2.45, 2.75) is 25.5 Å². The van der Waals surface area contributed by atoms with E-state index in [9.17, 15) is 0 Å². The van der Waals surface area contributed by atoms with Gasteiger partial charge in [0.05, 0.1) is 48.4 Å². The molecule has 0 amide bonds. The fraction of sp³-hybridized carbons (Fsp3) is 0.318. The number of aromatic amines is 1. The first kappa shape index (κ1) is 18.6. The van der Waals surface area contributed by atoms with E-state index >= 15 is 0 Å². The summed E-state index contributed by atoms with van der Waals surface area (Å²) in [4.78, 5) is 12.3. The largest absolute Gasteiger partial charge is 0.497 e. The molecule has 1 N–H and O–H groups in total. The molecular formula is C22H23N6O2. The van der Waals surface area contributed by atoms with Gasteiger partial charge in [0.25, 0.3) is 0 Å². The van der Waals surface area contributed by atoms with Crippen LogP contribution in [0.2, 0.25) is 0 Å². The molecule has 153 valence electrons. The Kier molecular flexibility index (Phi) is 4.63. The van der Waals surface area contributed by atoms with Crippen LogP contribution in [-0.2, 0) is 4.74 Å². The first-order valence-corrected chi connectivity index (χ1v) is 9.89. The Labute approximate surface area is 174 Å². The second-order valence-corrected chi connectivity index (χ2v) is 7.44. The maximum absolute atomic E-state index is 5.74. The van der Waals surface area contributed by atoms with Crippen molar-refractivity contribution in [3.05, 3.63) is 60.2 Å². The third kappa shape index (κ3) is 3.09. The molecular weight excluding hydrogens is 380 g/mol. The molecule has 1 aliphatic rings. The van der Waals surface area contributed by atoms with Crippen molar-refractivity contribution in [3.8, 4) is 11.4 Å². The fourth-order valence-corrected chi connectivity index (χ4v) is 4.19. The van der Waals surface area contributed by atoms with E-state index in [0.717, 1.165) is 52.5 Å². The number of aryl methyl sites for hydroxylation is 1. The minimum atomic E-state index is 0.0251. The van der Waals surface area contributed by atoms with E-state index in [4.69, 9.17) is 14.5 Å². The molecule has 0 unspecified atom stereocenters. The molecule has 2 aromatic heterocycles. The maximum atomic E-state index is 5.74. The van der Waals surface area contributed by atoms with E-state index in [1.54, 1.807) is 31.4 Å². The summed E-state index contributed by atoms with van der Waals surface area (Å²) in [5.41, 5.74) is 4.85. The molecule has 3 heterocycles. The first-order chi connectivity index (χ1) is 14.7. The molecule has 0 spiro atoms. The summed E-state index contributed by atoms with van der Waals surface area (Å²) >= 11 is 0. The molecule has 1 fully saturated rings. The van der Waals surface area contributed by atoms with Crippen molar-refractivity contribution in [1.82, 2.24) is 25.0 Å². The normalized spacial score (nSPS) is 19.0. The minimum Gasteiger partial charge on any atom is -0.497 e. The van der Waals surface area contributed by atoms with Crippen LogP contribution in [0.5, 0.6) is 5.75 Å². The first-order valence-electron chi connectivity index (χ1n) is 9.89. The third-order valence-corrected chi connectivity index (χ3v) is 5.68. The Balaban J connectivity index is 1.61. The second kappa shape index (κ2) is 7.46. The topological polar surface area (TPSA) is 81.1 Å². The number of benzene rings is 2. The van der Waals surface area contributed by atoms with E-state index in [-0.39, 0.29) is 12.1 Å². The van der Waals surface area contributed by atoms with Gasteiger partial charge in [0.15, 0.2) is 0 Å². The van der Waals surface area contributed by atoms with Crippen molar-refractivity contribution >= 4 is 16.7 Å². The molecule has 30 heavy (non-hydrogen) atoms. The van der Waals surface area contributed by atoms with Gasteiger partial charge in [0.2, 0.25) is 0 Å². The number of imidazole rings is 1. The zero-order valence-electron chi connectivity index (χ0n) is 17.2. The van der Waals surface area contributed by atoms with Gasteiger partial charge in [0, 0.05) is 32.2 Å². The van der Waals surface area contributed by atoms with Gasteiger partial charge in [-0.2, -0.15) is 10.2 Å². The summed E-state index contributed by atoms with van der Waals surface area (Å²) < 4.78 is 11.1. The summed E-state index contributed by atoms with van der Waals surface area (Å²) in [5.74, 6) is 1.71. The molecule has 8 heteroatoms. The number of ether oxygens (including phenoxy) is 2. The summed E-state index contributed by atoms with van der Waals surface area (Å²) in [7, 11) is 3.43. The van der Waals surface area contributed by atoms with Gasteiger partial charge in [0.1, 0.15) is 17.3 Å². The number of anilines is 1. The van der Waals surface area contributed by atoms with Crippen LogP contribution in [0.1, 0.15) is 23.9 Å². The molecule has 0 bridgehead atoms. The van der Waals surface area contributed by atoms with Crippen LogP contribution in [-0.4, -0.2) is 51.8 Å². The van der Waals surface area contributed by atoms with Crippen molar-refractivity contribution < 1.29 is 9.47 Å². The van der Waals surface area contributed by atoms with Crippen LogP contribution in [0.25, 0.3) is 16.7 Å². The molecule has 2 atom stereocenters. The molecule has 1 saturated heterocycles. The third-order valence-electron chi connectivity index (χ3n) is 5.68. The summed E-state index contributed by atoms with van der Waals surface area (Å²) in [6, 6.07) is 13.2. The van der Waals surface area contributed by atoms with Gasteiger partial charge >= 0.3 is 0 Å². The molecule has 1 radical (unpaired) electrons. The Morgan fingerprint density at radius 2 is 2.00 bits per heavy atom. The number of methoxy groups -OCH3 is 2. The number of aromatic nitrogens is 5. The highest BCUT2D eigenvalue weighted by atomic mass is 16.5. The van der Waals surface area contributed by atoms with E-state index in [2.05, 4.69) is 39.1 Å². The van der Waals surface area contributed by atoms with Gasteiger partial charge in [-0.15, -0.1) is 4.80 Å². The SMILES string of the molecule is COc1ccc2nc([C@@H]3C[C@@H](OC)CN3c3c(-n4nccn4)[c]ccc3C)[nH]c2c1. The standard InChI is InChI=1S/C22H23N6O2/c1-14-5-4-6-19(28-23-9-10-24-28)21(14)27-13-16(30-3)12-20(27)22-25-17-8-7-15(29-2)11-18(17)26-22/h4-5,7-11,16,20H,12-13H2,1-3H3,(H,25,26)/t16-,20+/m1/s1. The highest BCUT2D eigenvalue weighted by Gasteiger charge is 2.37. The zero-order valence-corrected chi connectivity index (χ0v) is 17.2. The van der Waals surface area contributed by atoms with Crippen molar-refractivity contribution in [1.29, 1.82) is 0 Å². The Morgan fingerprint density at radius 1 is 1.17 bits per heavy atom. The van der Waals surface area contributed by atoms with E-state index in [1.165, 1.54) is 0 Å². The van der Waals surface area contributed by atoms with Gasteiger partial charge in [-0.25, -0.2) is 4.98 Å². The number of rotatable bonds is 5. The molecule has 5 rings (SSSR count). The molecule has 4 aromatic rings. The zero-order chi connectivity index (χ0) is 20.7. The molecule has 1 aliphatic heterocycles. The number of nitrogens with one attached hydrogen (secondary N) is 1. The highest BCUT2D eigenvalue weighted by Crippen LogP contribution is 2.40. The number of H-pyrrole nitrogens is 1. The Bertz CT molecular complexity index is 1170. The average molecular weight is 403 g/mol. The van der Waals surface area contributed by atoms with Crippen LogP contribution < -0.4 is 9.64 Å². The predicted octanol–water partition coefficient (Wildman–Crippen LogP) is 3.23.